The van der Waals surface area contributed by atoms with Crippen LogP contribution in [0.4, 0.5) is 0 Å². The van der Waals surface area contributed by atoms with Crippen LogP contribution in [0.15, 0.2) is 0 Å². The van der Waals surface area contributed by atoms with E-state index in [-0.39, 0.29) is 17.9 Å². The van der Waals surface area contributed by atoms with Crippen molar-refractivity contribution in [3.63, 3.8) is 0 Å². The molecule has 0 aromatic carbocycles. The Morgan fingerprint density at radius 1 is 1.37 bits per heavy atom. The van der Waals surface area contributed by atoms with E-state index in [0.29, 0.717) is 25.3 Å². The summed E-state index contributed by atoms with van der Waals surface area (Å²) in [6.07, 6.45) is 5.86. The fraction of sp³-hybridized carbons (Fsp3) is 0.846. The summed E-state index contributed by atoms with van der Waals surface area (Å²) in [5.74, 6) is 0.119. The fourth-order valence-electron chi connectivity index (χ4n) is 2.38. The fourth-order valence-corrected chi connectivity index (χ4v) is 2.90. The van der Waals surface area contributed by atoms with Gasteiger partial charge in [-0.25, -0.2) is 0 Å². The van der Waals surface area contributed by atoms with Crippen molar-refractivity contribution < 1.29 is 20.4 Å². The number of carboxylic acid groups (broad SMARTS) is 1. The molecule has 0 heterocycles. The Morgan fingerprint density at radius 2 is 2.00 bits per heavy atom. The number of carbonyl (C=O) groups is 2. The van der Waals surface area contributed by atoms with Gasteiger partial charge in [-0.1, -0.05) is 0 Å². The van der Waals surface area contributed by atoms with Crippen molar-refractivity contribution >= 4 is 23.6 Å². The highest BCUT2D eigenvalue weighted by Gasteiger charge is 2.23. The Balaban J connectivity index is 2.19. The molecule has 1 aliphatic carbocycles. The second-order valence-electron chi connectivity index (χ2n) is 5.26. The molecule has 1 saturated carbocycles. The number of nitrogens with one attached hydrogen (secondary N) is 1. The van der Waals surface area contributed by atoms with Crippen molar-refractivity contribution in [3.8, 4) is 0 Å². The van der Waals surface area contributed by atoms with Gasteiger partial charge < -0.3 is 21.0 Å². The summed E-state index contributed by atoms with van der Waals surface area (Å²) in [6, 6.07) is -0.188. The summed E-state index contributed by atoms with van der Waals surface area (Å²) in [4.78, 5) is 22.5. The van der Waals surface area contributed by atoms with Crippen molar-refractivity contribution in [3.05, 3.63) is 0 Å². The van der Waals surface area contributed by atoms with E-state index in [4.69, 9.17) is 0 Å². The predicted molar refractivity (Wildman–Crippen MR) is 73.1 cm³/mol. The van der Waals surface area contributed by atoms with Crippen molar-refractivity contribution in [1.29, 1.82) is 0 Å². The zero-order valence-corrected chi connectivity index (χ0v) is 12.3. The molecule has 1 amide bonds. The Morgan fingerprint density at radius 3 is 2.53 bits per heavy atom. The lowest BCUT2D eigenvalue weighted by atomic mass is 9.82. The number of hydrogen-bond donors (Lipinski definition) is 2. The van der Waals surface area contributed by atoms with Gasteiger partial charge in [0.05, 0.1) is 0 Å². The number of carbonyl (C=O) groups excluding carboxylic acids is 2. The predicted octanol–water partition coefficient (Wildman–Crippen LogP) is -0.977. The summed E-state index contributed by atoms with van der Waals surface area (Å²) in [7, 11) is 0. The molecule has 6 heteroatoms. The van der Waals surface area contributed by atoms with Crippen LogP contribution in [-0.4, -0.2) is 36.5 Å². The molecule has 110 valence electrons. The number of carboxylic acids is 1. The van der Waals surface area contributed by atoms with Crippen molar-refractivity contribution in [1.82, 2.24) is 5.32 Å². The van der Waals surface area contributed by atoms with Gasteiger partial charge >= 0.3 is 0 Å². The van der Waals surface area contributed by atoms with Crippen LogP contribution in [0, 0.1) is 11.8 Å². The lowest BCUT2D eigenvalue weighted by molar-refractivity contribution is -0.403. The Labute approximate surface area is 118 Å². The molecule has 19 heavy (non-hydrogen) atoms. The number of aliphatic carboxylic acids is 1. The molecule has 1 atom stereocenters. The van der Waals surface area contributed by atoms with E-state index in [1.54, 1.807) is 11.8 Å². The molecule has 0 unspecified atom stereocenters. The van der Waals surface area contributed by atoms with E-state index in [1.807, 2.05) is 6.26 Å². The maximum absolute atomic E-state index is 11.8. The molecule has 0 aromatic heterocycles. The molecule has 1 aliphatic rings. The maximum atomic E-state index is 11.8. The molecule has 0 aliphatic heterocycles. The van der Waals surface area contributed by atoms with Gasteiger partial charge in [-0.15, -0.1) is 0 Å². The first-order valence-corrected chi connectivity index (χ1v) is 8.24. The van der Waals surface area contributed by atoms with E-state index in [1.165, 1.54) is 0 Å². The Kier molecular flexibility index (Phi) is 7.23. The number of thioether (sulfide) groups is 1. The van der Waals surface area contributed by atoms with E-state index in [9.17, 15) is 14.7 Å². The number of amides is 1. The average Bonchev–Trinajstić information content (AvgIpc) is 2.42. The van der Waals surface area contributed by atoms with E-state index < -0.39 is 5.97 Å². The summed E-state index contributed by atoms with van der Waals surface area (Å²) < 4.78 is 0. The molecule has 0 aromatic rings. The van der Waals surface area contributed by atoms with Gasteiger partial charge in [0.25, 0.3) is 5.91 Å². The molecule has 0 radical (unpaired) electrons. The van der Waals surface area contributed by atoms with Gasteiger partial charge in [0.15, 0.2) is 6.04 Å². The molecule has 4 N–H and O–H groups in total. The number of rotatable bonds is 7. The maximum Gasteiger partial charge on any atom is 0.278 e. The molecular weight excluding hydrogens is 264 g/mol. The quantitative estimate of drug-likeness (QED) is 0.629. The smallest absolute Gasteiger partial charge is 0.278 e. The average molecular weight is 288 g/mol. The molecule has 1 rings (SSSR count). The summed E-state index contributed by atoms with van der Waals surface area (Å²) >= 11 is 1.71. The van der Waals surface area contributed by atoms with Gasteiger partial charge in [0, 0.05) is 18.9 Å². The largest absolute Gasteiger partial charge is 0.550 e. The highest BCUT2D eigenvalue weighted by Crippen LogP contribution is 2.27. The highest BCUT2D eigenvalue weighted by atomic mass is 32.2. The minimum absolute atomic E-state index is 0.0103. The monoisotopic (exact) mass is 288 g/mol. The second-order valence-corrected chi connectivity index (χ2v) is 6.25. The molecule has 1 fully saturated rings. The minimum Gasteiger partial charge on any atom is -0.550 e. The molecule has 0 saturated heterocycles. The third kappa shape index (κ3) is 5.82. The molecular formula is C13H24N2O3S. The summed E-state index contributed by atoms with van der Waals surface area (Å²) in [5.41, 5.74) is 3.86. The lowest BCUT2D eigenvalue weighted by Gasteiger charge is -2.29. The Hall–Kier alpha value is -0.750. The van der Waals surface area contributed by atoms with Gasteiger partial charge in [-0.2, -0.15) is 11.8 Å². The molecule has 0 spiro atoms. The third-order valence-electron chi connectivity index (χ3n) is 3.79. The topological polar surface area (TPSA) is 96.9 Å². The van der Waals surface area contributed by atoms with Crippen LogP contribution < -0.4 is 16.2 Å². The second kappa shape index (κ2) is 8.43. The van der Waals surface area contributed by atoms with E-state index >= 15 is 0 Å². The van der Waals surface area contributed by atoms with Crippen LogP contribution in [-0.2, 0) is 9.59 Å². The molecule has 5 nitrogen and oxygen atoms in total. The summed E-state index contributed by atoms with van der Waals surface area (Å²) in [6.45, 7) is 0.643. The van der Waals surface area contributed by atoms with E-state index in [0.717, 1.165) is 25.0 Å². The first-order chi connectivity index (χ1) is 9.04. The van der Waals surface area contributed by atoms with Crippen LogP contribution in [0.1, 0.15) is 32.1 Å². The summed E-state index contributed by atoms with van der Waals surface area (Å²) in [5, 5.41) is 13.7. The van der Waals surface area contributed by atoms with E-state index in [2.05, 4.69) is 11.1 Å². The van der Waals surface area contributed by atoms with Crippen LogP contribution in [0.5, 0.6) is 0 Å². The van der Waals surface area contributed by atoms with Crippen LogP contribution in [0.2, 0.25) is 0 Å². The number of hydrogen-bond acceptors (Lipinski definition) is 4. The van der Waals surface area contributed by atoms with Crippen LogP contribution in [0.25, 0.3) is 0 Å². The normalized spacial score (nSPS) is 24.7. The molecule has 0 bridgehead atoms. The minimum atomic E-state index is -0.933. The first kappa shape index (κ1) is 16.3. The van der Waals surface area contributed by atoms with Gasteiger partial charge in [0.1, 0.15) is 0 Å². The standard InChI is InChI=1S/C13H24N2O3S/c1-19-7-6-11(14)12(16)15-8-9-2-4-10(5-3-9)13(17)18/h9-11H,2-8,14H2,1H3,(H,15,16)(H,17,18)/t9?,10?,11-/m0/s1. The van der Waals surface area contributed by atoms with Gasteiger partial charge in [-0.3, -0.25) is 4.79 Å². The third-order valence-corrected chi connectivity index (χ3v) is 4.43. The van der Waals surface area contributed by atoms with Crippen LogP contribution >= 0.6 is 11.8 Å². The van der Waals surface area contributed by atoms with Gasteiger partial charge in [-0.05, 0) is 49.5 Å². The Bertz CT molecular complexity index is 304. The van der Waals surface area contributed by atoms with Gasteiger partial charge in [0.2, 0.25) is 0 Å². The zero-order valence-electron chi connectivity index (χ0n) is 11.5. The highest BCUT2D eigenvalue weighted by molar-refractivity contribution is 7.98. The zero-order chi connectivity index (χ0) is 14.3. The SMILES string of the molecule is CSCC[C@H]([NH3+])C(=O)NCC1CCC(C(=O)[O-])CC1. The first-order valence-electron chi connectivity index (χ1n) is 6.85. The van der Waals surface area contributed by atoms with Crippen molar-refractivity contribution in [2.24, 2.45) is 11.8 Å². The number of quaternary nitrogens is 1. The van der Waals surface area contributed by atoms with Crippen molar-refractivity contribution in [2.75, 3.05) is 18.6 Å². The van der Waals surface area contributed by atoms with Crippen LogP contribution in [0.3, 0.4) is 0 Å². The van der Waals surface area contributed by atoms with Crippen molar-refractivity contribution in [2.45, 2.75) is 38.1 Å². The lowest BCUT2D eigenvalue weighted by Crippen LogP contribution is -2.67.